The highest BCUT2D eigenvalue weighted by atomic mass is 16.6. The van der Waals surface area contributed by atoms with Gasteiger partial charge in [0.05, 0.1) is 4.92 Å². The standard InChI is InChI=1S/C13H17N5O2/c1-13(3-2-4-15-8-13)9-17-12-10(6-14)5-11(7-16-12)18(19)20/h5,7,15H,2-4,8-9H2,1H3,(H,16,17). The number of hydrogen-bond acceptors (Lipinski definition) is 6. The van der Waals surface area contributed by atoms with Gasteiger partial charge in [0.2, 0.25) is 0 Å². The first-order valence-corrected chi connectivity index (χ1v) is 6.53. The summed E-state index contributed by atoms with van der Waals surface area (Å²) < 4.78 is 0. The molecule has 2 rings (SSSR count). The molecule has 0 saturated carbocycles. The number of rotatable bonds is 4. The van der Waals surface area contributed by atoms with Crippen LogP contribution in [-0.4, -0.2) is 29.5 Å². The quantitative estimate of drug-likeness (QED) is 0.639. The second-order valence-corrected chi connectivity index (χ2v) is 5.40. The molecule has 7 nitrogen and oxygen atoms in total. The molecule has 1 unspecified atom stereocenters. The summed E-state index contributed by atoms with van der Waals surface area (Å²) in [7, 11) is 0. The van der Waals surface area contributed by atoms with E-state index in [9.17, 15) is 10.1 Å². The largest absolute Gasteiger partial charge is 0.368 e. The van der Waals surface area contributed by atoms with E-state index in [1.54, 1.807) is 0 Å². The molecule has 1 saturated heterocycles. The number of aromatic nitrogens is 1. The van der Waals surface area contributed by atoms with Gasteiger partial charge in [-0.1, -0.05) is 6.92 Å². The predicted molar refractivity (Wildman–Crippen MR) is 74.3 cm³/mol. The van der Waals surface area contributed by atoms with E-state index in [2.05, 4.69) is 22.5 Å². The molecular weight excluding hydrogens is 258 g/mol. The summed E-state index contributed by atoms with van der Waals surface area (Å²) in [4.78, 5) is 14.1. The number of pyridine rings is 1. The summed E-state index contributed by atoms with van der Waals surface area (Å²) in [5, 5.41) is 26.2. The number of nitrogens with one attached hydrogen (secondary N) is 2. The number of anilines is 1. The van der Waals surface area contributed by atoms with Gasteiger partial charge in [-0.3, -0.25) is 10.1 Å². The minimum atomic E-state index is -0.552. The number of piperidine rings is 1. The van der Waals surface area contributed by atoms with Gasteiger partial charge in [0.25, 0.3) is 5.69 Å². The Kier molecular flexibility index (Phi) is 4.15. The predicted octanol–water partition coefficient (Wildman–Crippen LogP) is 1.66. The average molecular weight is 275 g/mol. The van der Waals surface area contributed by atoms with E-state index in [-0.39, 0.29) is 16.7 Å². The first-order chi connectivity index (χ1) is 9.54. The van der Waals surface area contributed by atoms with Crippen LogP contribution in [0.2, 0.25) is 0 Å². The highest BCUT2D eigenvalue weighted by molar-refractivity contribution is 5.55. The lowest BCUT2D eigenvalue weighted by molar-refractivity contribution is -0.385. The first kappa shape index (κ1) is 14.2. The van der Waals surface area contributed by atoms with Crippen LogP contribution in [0.5, 0.6) is 0 Å². The molecule has 2 heterocycles. The van der Waals surface area contributed by atoms with Gasteiger partial charge in [-0.05, 0) is 24.8 Å². The Morgan fingerprint density at radius 2 is 2.50 bits per heavy atom. The van der Waals surface area contributed by atoms with Gasteiger partial charge in [-0.2, -0.15) is 5.26 Å². The van der Waals surface area contributed by atoms with E-state index >= 15 is 0 Å². The lowest BCUT2D eigenvalue weighted by atomic mass is 9.83. The molecule has 20 heavy (non-hydrogen) atoms. The molecule has 0 spiro atoms. The fourth-order valence-electron chi connectivity index (χ4n) is 2.35. The molecule has 0 aliphatic carbocycles. The zero-order valence-corrected chi connectivity index (χ0v) is 11.3. The summed E-state index contributed by atoms with van der Waals surface area (Å²) in [6.07, 6.45) is 3.39. The molecule has 1 aliphatic rings. The molecule has 2 N–H and O–H groups in total. The van der Waals surface area contributed by atoms with Gasteiger partial charge in [-0.25, -0.2) is 4.98 Å². The third-order valence-electron chi connectivity index (χ3n) is 3.57. The van der Waals surface area contributed by atoms with Crippen LogP contribution in [0.3, 0.4) is 0 Å². The van der Waals surface area contributed by atoms with Crippen LogP contribution in [0.25, 0.3) is 0 Å². The topological polar surface area (TPSA) is 104 Å². The molecule has 1 atom stereocenters. The summed E-state index contributed by atoms with van der Waals surface area (Å²) >= 11 is 0. The number of nitriles is 1. The smallest absolute Gasteiger partial charge is 0.289 e. The van der Waals surface area contributed by atoms with Crippen molar-refractivity contribution in [2.75, 3.05) is 25.0 Å². The SMILES string of the molecule is CC1(CNc2ncc([N+](=O)[O-])cc2C#N)CCCNC1. The van der Waals surface area contributed by atoms with Crippen LogP contribution >= 0.6 is 0 Å². The van der Waals surface area contributed by atoms with Crippen molar-refractivity contribution in [1.82, 2.24) is 10.3 Å². The van der Waals surface area contributed by atoms with Gasteiger partial charge in [0.1, 0.15) is 23.6 Å². The van der Waals surface area contributed by atoms with E-state index < -0.39 is 4.92 Å². The number of nitro groups is 1. The van der Waals surface area contributed by atoms with E-state index in [4.69, 9.17) is 5.26 Å². The Morgan fingerprint density at radius 3 is 3.10 bits per heavy atom. The molecule has 0 aromatic carbocycles. The minimum Gasteiger partial charge on any atom is -0.368 e. The molecule has 0 bridgehead atoms. The summed E-state index contributed by atoms with van der Waals surface area (Å²) in [5.74, 6) is 0.407. The van der Waals surface area contributed by atoms with Gasteiger partial charge < -0.3 is 10.6 Å². The number of hydrogen-bond donors (Lipinski definition) is 2. The van der Waals surface area contributed by atoms with Crippen molar-refractivity contribution in [2.45, 2.75) is 19.8 Å². The molecule has 7 heteroatoms. The van der Waals surface area contributed by atoms with Crippen molar-refractivity contribution in [3.63, 3.8) is 0 Å². The molecule has 1 fully saturated rings. The van der Waals surface area contributed by atoms with E-state index in [1.165, 1.54) is 12.3 Å². The van der Waals surface area contributed by atoms with Crippen molar-refractivity contribution >= 4 is 11.5 Å². The average Bonchev–Trinajstić information content (AvgIpc) is 2.45. The Hall–Kier alpha value is -2.20. The van der Waals surface area contributed by atoms with Crippen molar-refractivity contribution in [3.8, 4) is 6.07 Å². The van der Waals surface area contributed by atoms with Gasteiger partial charge >= 0.3 is 0 Å². The zero-order chi connectivity index (χ0) is 14.6. The molecule has 0 amide bonds. The fourth-order valence-corrected chi connectivity index (χ4v) is 2.35. The third kappa shape index (κ3) is 3.22. The molecule has 1 aromatic rings. The van der Waals surface area contributed by atoms with Gasteiger partial charge in [-0.15, -0.1) is 0 Å². The Bertz CT molecular complexity index is 546. The number of nitrogens with zero attached hydrogens (tertiary/aromatic N) is 3. The molecule has 1 aromatic heterocycles. The van der Waals surface area contributed by atoms with Crippen molar-refractivity contribution in [3.05, 3.63) is 27.9 Å². The van der Waals surface area contributed by atoms with Crippen LogP contribution in [0.15, 0.2) is 12.3 Å². The fraction of sp³-hybridized carbons (Fsp3) is 0.538. The Morgan fingerprint density at radius 1 is 1.70 bits per heavy atom. The summed E-state index contributed by atoms with van der Waals surface area (Å²) in [6, 6.07) is 3.19. The lowest BCUT2D eigenvalue weighted by Crippen LogP contribution is -2.42. The highest BCUT2D eigenvalue weighted by Crippen LogP contribution is 2.26. The third-order valence-corrected chi connectivity index (χ3v) is 3.57. The van der Waals surface area contributed by atoms with Gasteiger partial charge in [0, 0.05) is 19.2 Å². The summed E-state index contributed by atoms with van der Waals surface area (Å²) in [5.41, 5.74) is 0.137. The van der Waals surface area contributed by atoms with E-state index in [1.807, 2.05) is 6.07 Å². The van der Waals surface area contributed by atoms with Crippen LogP contribution in [0.1, 0.15) is 25.3 Å². The maximum atomic E-state index is 10.7. The van der Waals surface area contributed by atoms with Crippen molar-refractivity contribution < 1.29 is 4.92 Å². The Balaban J connectivity index is 2.09. The zero-order valence-electron chi connectivity index (χ0n) is 11.3. The Labute approximate surface area is 117 Å². The molecule has 106 valence electrons. The van der Waals surface area contributed by atoms with Crippen LogP contribution < -0.4 is 10.6 Å². The van der Waals surface area contributed by atoms with E-state index in [0.29, 0.717) is 12.4 Å². The lowest BCUT2D eigenvalue weighted by Gasteiger charge is -2.34. The minimum absolute atomic E-state index is 0.106. The second-order valence-electron chi connectivity index (χ2n) is 5.40. The van der Waals surface area contributed by atoms with Crippen LogP contribution in [-0.2, 0) is 0 Å². The molecule has 1 aliphatic heterocycles. The van der Waals surface area contributed by atoms with Gasteiger partial charge in [0.15, 0.2) is 0 Å². The molecule has 0 radical (unpaired) electrons. The maximum Gasteiger partial charge on any atom is 0.289 e. The molecular formula is C13H17N5O2. The highest BCUT2D eigenvalue weighted by Gasteiger charge is 2.27. The van der Waals surface area contributed by atoms with Crippen molar-refractivity contribution in [1.29, 1.82) is 5.26 Å². The monoisotopic (exact) mass is 275 g/mol. The van der Waals surface area contributed by atoms with E-state index in [0.717, 1.165) is 25.9 Å². The van der Waals surface area contributed by atoms with Crippen LogP contribution in [0.4, 0.5) is 11.5 Å². The first-order valence-electron chi connectivity index (χ1n) is 6.53. The van der Waals surface area contributed by atoms with Crippen molar-refractivity contribution in [2.24, 2.45) is 5.41 Å². The normalized spacial score (nSPS) is 22.0. The summed E-state index contributed by atoms with van der Waals surface area (Å²) in [6.45, 7) is 4.80. The maximum absolute atomic E-state index is 10.7. The second kappa shape index (κ2) is 5.84. The van der Waals surface area contributed by atoms with Crippen LogP contribution in [0, 0.1) is 26.9 Å².